The van der Waals surface area contributed by atoms with Gasteiger partial charge in [-0.2, -0.15) is 0 Å². The topological polar surface area (TPSA) is 76.2 Å². The van der Waals surface area contributed by atoms with Crippen LogP contribution < -0.4 is 5.32 Å². The summed E-state index contributed by atoms with van der Waals surface area (Å²) in [4.78, 5) is 14.8. The Morgan fingerprint density at radius 2 is 2.04 bits per heavy atom. The predicted octanol–water partition coefficient (Wildman–Crippen LogP) is 2.88. The third-order valence-electron chi connectivity index (χ3n) is 5.75. The highest BCUT2D eigenvalue weighted by Gasteiger charge is 2.30. The van der Waals surface area contributed by atoms with Crippen molar-refractivity contribution in [1.29, 1.82) is 0 Å². The van der Waals surface area contributed by atoms with E-state index >= 15 is 0 Å². The van der Waals surface area contributed by atoms with Crippen LogP contribution in [0.15, 0.2) is 28.7 Å². The molecule has 0 saturated carbocycles. The van der Waals surface area contributed by atoms with Crippen LogP contribution in [0.5, 0.6) is 0 Å². The minimum absolute atomic E-state index is 0. The van der Waals surface area contributed by atoms with Gasteiger partial charge in [-0.25, -0.2) is 0 Å². The average Bonchev–Trinajstić information content (AvgIpc) is 3.33. The molecule has 4 heterocycles. The maximum atomic E-state index is 12.9. The monoisotopic (exact) mass is 401 g/mol. The van der Waals surface area contributed by atoms with Crippen molar-refractivity contribution in [1.82, 2.24) is 25.0 Å². The summed E-state index contributed by atoms with van der Waals surface area (Å²) in [5.74, 6) is 2.89. The van der Waals surface area contributed by atoms with Gasteiger partial charge in [-0.15, -0.1) is 22.6 Å². The van der Waals surface area contributed by atoms with E-state index in [0.717, 1.165) is 73.7 Å². The zero-order valence-electron chi connectivity index (χ0n) is 15.9. The molecule has 1 aromatic carbocycles. The van der Waals surface area contributed by atoms with Gasteiger partial charge >= 0.3 is 0 Å². The van der Waals surface area contributed by atoms with Gasteiger partial charge in [0, 0.05) is 37.5 Å². The Labute approximate surface area is 169 Å². The lowest BCUT2D eigenvalue weighted by Crippen LogP contribution is -2.38. The molecule has 1 amide bonds. The molecule has 2 aliphatic rings. The molecule has 0 aliphatic carbocycles. The molecule has 0 spiro atoms. The van der Waals surface area contributed by atoms with E-state index in [4.69, 9.17) is 4.42 Å². The van der Waals surface area contributed by atoms with E-state index in [1.165, 1.54) is 0 Å². The number of benzene rings is 1. The fourth-order valence-electron chi connectivity index (χ4n) is 4.23. The average molecular weight is 402 g/mol. The summed E-state index contributed by atoms with van der Waals surface area (Å²) < 4.78 is 8.11. The molecule has 2 aromatic heterocycles. The Bertz CT molecular complexity index is 1000. The number of nitrogens with zero attached hydrogens (tertiary/aromatic N) is 4. The molecule has 28 heavy (non-hydrogen) atoms. The molecule has 3 aromatic rings. The number of piperidine rings is 1. The van der Waals surface area contributed by atoms with Crippen molar-refractivity contribution < 1.29 is 9.21 Å². The van der Waals surface area contributed by atoms with E-state index < -0.39 is 0 Å². The molecule has 8 heteroatoms. The number of carbonyl (C=O) groups is 1. The number of hydrogen-bond donors (Lipinski definition) is 1. The van der Waals surface area contributed by atoms with Crippen molar-refractivity contribution in [2.45, 2.75) is 38.8 Å². The normalized spacial score (nSPS) is 17.4. The number of carbonyl (C=O) groups excluding carboxylic acids is 1. The third kappa shape index (κ3) is 3.18. The lowest BCUT2D eigenvalue weighted by Gasteiger charge is -2.31. The van der Waals surface area contributed by atoms with Gasteiger partial charge in [0.25, 0.3) is 5.91 Å². The molecule has 0 bridgehead atoms. The molecule has 0 atom stereocenters. The van der Waals surface area contributed by atoms with Crippen molar-refractivity contribution >= 4 is 29.3 Å². The fraction of sp³-hybridized carbons (Fsp3) is 0.450. The zero-order valence-corrected chi connectivity index (χ0v) is 16.7. The van der Waals surface area contributed by atoms with E-state index in [1.807, 2.05) is 36.1 Å². The van der Waals surface area contributed by atoms with Crippen molar-refractivity contribution in [3.63, 3.8) is 0 Å². The molecule has 148 valence electrons. The largest absolute Gasteiger partial charge is 0.451 e. The summed E-state index contributed by atoms with van der Waals surface area (Å²) in [5, 5.41) is 13.1. The van der Waals surface area contributed by atoms with E-state index in [0.29, 0.717) is 11.7 Å². The molecule has 1 saturated heterocycles. The molecular formula is C20H24ClN5O2. The quantitative estimate of drug-likeness (QED) is 0.714. The summed E-state index contributed by atoms with van der Waals surface area (Å²) in [6, 6.07) is 7.83. The first kappa shape index (κ1) is 19.0. The third-order valence-corrected chi connectivity index (χ3v) is 5.75. The summed E-state index contributed by atoms with van der Waals surface area (Å²) >= 11 is 0. The zero-order chi connectivity index (χ0) is 18.4. The second kappa shape index (κ2) is 7.56. The Balaban J connectivity index is 0.00000192. The molecule has 0 radical (unpaired) electrons. The Morgan fingerprint density at radius 1 is 1.21 bits per heavy atom. The maximum Gasteiger partial charge on any atom is 0.289 e. The number of hydrogen-bond acceptors (Lipinski definition) is 5. The van der Waals surface area contributed by atoms with Gasteiger partial charge in [0.05, 0.1) is 6.54 Å². The lowest BCUT2D eigenvalue weighted by molar-refractivity contribution is 0.0680. The van der Waals surface area contributed by atoms with Crippen LogP contribution in [-0.4, -0.2) is 45.2 Å². The van der Waals surface area contributed by atoms with Gasteiger partial charge in [0.2, 0.25) is 0 Å². The van der Waals surface area contributed by atoms with Crippen molar-refractivity contribution in [3.05, 3.63) is 47.2 Å². The molecule has 1 fully saturated rings. The number of aryl methyl sites for hydroxylation is 1. The molecule has 5 rings (SSSR count). The number of likely N-dealkylation sites (tertiary alicyclic amines) is 1. The number of furan rings is 1. The van der Waals surface area contributed by atoms with Crippen LogP contribution in [0, 0.1) is 6.92 Å². The first-order valence-corrected chi connectivity index (χ1v) is 9.62. The van der Waals surface area contributed by atoms with E-state index in [2.05, 4.69) is 20.1 Å². The van der Waals surface area contributed by atoms with Gasteiger partial charge in [0.1, 0.15) is 17.2 Å². The maximum absolute atomic E-state index is 12.9. The summed E-state index contributed by atoms with van der Waals surface area (Å²) in [7, 11) is 0. The van der Waals surface area contributed by atoms with Crippen LogP contribution in [-0.2, 0) is 13.1 Å². The van der Waals surface area contributed by atoms with Crippen LogP contribution in [0.1, 0.15) is 46.5 Å². The second-order valence-electron chi connectivity index (χ2n) is 7.47. The van der Waals surface area contributed by atoms with Crippen molar-refractivity contribution in [2.24, 2.45) is 0 Å². The van der Waals surface area contributed by atoms with Crippen LogP contribution in [0.25, 0.3) is 11.0 Å². The van der Waals surface area contributed by atoms with Gasteiger partial charge in [-0.1, -0.05) is 18.2 Å². The Morgan fingerprint density at radius 3 is 2.82 bits per heavy atom. The SMILES string of the molecule is Cc1cccc2cc(C(=O)N3CCC(c4nnc5n4CCNC5)CC3)oc12.Cl. The van der Waals surface area contributed by atoms with Crippen molar-refractivity contribution in [3.8, 4) is 0 Å². The smallest absolute Gasteiger partial charge is 0.289 e. The van der Waals surface area contributed by atoms with Crippen molar-refractivity contribution in [2.75, 3.05) is 19.6 Å². The molecule has 1 N–H and O–H groups in total. The van der Waals surface area contributed by atoms with Crippen LogP contribution in [0.4, 0.5) is 0 Å². The minimum Gasteiger partial charge on any atom is -0.451 e. The minimum atomic E-state index is -0.0171. The summed E-state index contributed by atoms with van der Waals surface area (Å²) in [6.07, 6.45) is 1.83. The lowest BCUT2D eigenvalue weighted by atomic mass is 9.95. The number of para-hydroxylation sites is 1. The molecule has 0 unspecified atom stereocenters. The predicted molar refractivity (Wildman–Crippen MR) is 108 cm³/mol. The van der Waals surface area contributed by atoms with Gasteiger partial charge in [-0.3, -0.25) is 4.79 Å². The van der Waals surface area contributed by atoms with E-state index in [1.54, 1.807) is 0 Å². The number of amides is 1. The first-order valence-electron chi connectivity index (χ1n) is 9.62. The summed E-state index contributed by atoms with van der Waals surface area (Å²) in [6.45, 7) is 6.12. The molecule has 2 aliphatic heterocycles. The summed E-state index contributed by atoms with van der Waals surface area (Å²) in [5.41, 5.74) is 1.86. The number of nitrogens with one attached hydrogen (secondary N) is 1. The molecule has 7 nitrogen and oxygen atoms in total. The standard InChI is InChI=1S/C20H23N5O2.ClH/c1-13-3-2-4-15-11-16(27-18(13)15)20(26)24-8-5-14(6-9-24)19-23-22-17-12-21-7-10-25(17)19;/h2-4,11,14,21H,5-10,12H2,1H3;1H. The van der Waals surface area contributed by atoms with Gasteiger partial charge < -0.3 is 19.2 Å². The Kier molecular flexibility index (Phi) is 5.12. The van der Waals surface area contributed by atoms with E-state index in [9.17, 15) is 4.79 Å². The number of halogens is 1. The van der Waals surface area contributed by atoms with E-state index in [-0.39, 0.29) is 18.3 Å². The van der Waals surface area contributed by atoms with Crippen LogP contribution >= 0.6 is 12.4 Å². The number of aromatic nitrogens is 3. The van der Waals surface area contributed by atoms with Crippen LogP contribution in [0.2, 0.25) is 0 Å². The van der Waals surface area contributed by atoms with Gasteiger partial charge in [0.15, 0.2) is 5.76 Å². The van der Waals surface area contributed by atoms with Crippen LogP contribution in [0.3, 0.4) is 0 Å². The fourth-order valence-corrected chi connectivity index (χ4v) is 4.23. The highest BCUT2D eigenvalue weighted by Crippen LogP contribution is 2.30. The number of rotatable bonds is 2. The molecular weight excluding hydrogens is 378 g/mol. The second-order valence-corrected chi connectivity index (χ2v) is 7.47. The van der Waals surface area contributed by atoms with Gasteiger partial charge in [-0.05, 0) is 31.4 Å². The highest BCUT2D eigenvalue weighted by molar-refractivity contribution is 5.96. The first-order chi connectivity index (χ1) is 13.2. The number of fused-ring (bicyclic) bond motifs is 2. The Hall–Kier alpha value is -2.38. The highest BCUT2D eigenvalue weighted by atomic mass is 35.5.